The Morgan fingerprint density at radius 3 is 2.23 bits per heavy atom. The monoisotopic (exact) mass is 300 g/mol. The van der Waals surface area contributed by atoms with Crippen LogP contribution in [-0.4, -0.2) is 11.2 Å². The molecule has 0 radical (unpaired) electrons. The lowest BCUT2D eigenvalue weighted by molar-refractivity contribution is 0.340. The quantitative estimate of drug-likeness (QED) is 0.923. The Morgan fingerprint density at radius 2 is 1.73 bits per heavy atom. The van der Waals surface area contributed by atoms with Crippen LogP contribution in [0.5, 0.6) is 5.75 Å². The smallest absolute Gasteiger partial charge is 0.256 e. The van der Waals surface area contributed by atoms with Crippen LogP contribution >= 0.6 is 0 Å². The first-order valence-corrected chi connectivity index (χ1v) is 7.65. The van der Waals surface area contributed by atoms with Gasteiger partial charge in [-0.05, 0) is 69.7 Å². The second kappa shape index (κ2) is 6.36. The number of nitrogens with two attached hydrogens (primary N) is 1. The minimum absolute atomic E-state index is 0.0265. The molecule has 0 aliphatic carbocycles. The first-order valence-electron chi connectivity index (χ1n) is 7.65. The largest absolute Gasteiger partial charge is 0.494 e. The summed E-state index contributed by atoms with van der Waals surface area (Å²) >= 11 is 0. The van der Waals surface area contributed by atoms with E-state index in [-0.39, 0.29) is 5.56 Å². The SMILES string of the molecule is CCOc1ccc(-c2ccc(C(C)(C)N)c(=O)n2CC)cc1. The molecule has 1 aromatic carbocycles. The van der Waals surface area contributed by atoms with E-state index < -0.39 is 5.54 Å². The standard InChI is InChI=1S/C18H24N2O2/c1-5-20-16(12-11-15(17(20)21)18(3,4)19)13-7-9-14(10-8-13)22-6-2/h7-12H,5-6,19H2,1-4H3. The van der Waals surface area contributed by atoms with Gasteiger partial charge in [0.25, 0.3) is 5.56 Å². The molecule has 2 N–H and O–H groups in total. The van der Waals surface area contributed by atoms with Gasteiger partial charge in [0.15, 0.2) is 0 Å². The molecule has 118 valence electrons. The highest BCUT2D eigenvalue weighted by Gasteiger charge is 2.20. The predicted octanol–water partition coefficient (Wildman–Crippen LogP) is 3.13. The van der Waals surface area contributed by atoms with E-state index in [1.807, 2.05) is 64.1 Å². The number of hydrogen-bond donors (Lipinski definition) is 1. The Labute approximate surface area is 131 Å². The zero-order valence-electron chi connectivity index (χ0n) is 13.7. The van der Waals surface area contributed by atoms with Gasteiger partial charge < -0.3 is 15.0 Å². The summed E-state index contributed by atoms with van der Waals surface area (Å²) in [5.74, 6) is 0.830. The van der Waals surface area contributed by atoms with Crippen LogP contribution in [0, 0.1) is 0 Å². The summed E-state index contributed by atoms with van der Waals surface area (Å²) in [6, 6.07) is 11.6. The highest BCUT2D eigenvalue weighted by Crippen LogP contribution is 2.23. The maximum atomic E-state index is 12.7. The van der Waals surface area contributed by atoms with Crippen molar-refractivity contribution in [2.45, 2.75) is 39.8 Å². The number of nitrogens with zero attached hydrogens (tertiary/aromatic N) is 1. The van der Waals surface area contributed by atoms with E-state index >= 15 is 0 Å². The Bertz CT molecular complexity index is 695. The molecule has 0 saturated carbocycles. The normalized spacial score (nSPS) is 11.5. The van der Waals surface area contributed by atoms with Gasteiger partial charge in [0.1, 0.15) is 5.75 Å². The van der Waals surface area contributed by atoms with Crippen LogP contribution < -0.4 is 16.0 Å². The Morgan fingerprint density at radius 1 is 1.09 bits per heavy atom. The summed E-state index contributed by atoms with van der Waals surface area (Å²) in [4.78, 5) is 12.7. The van der Waals surface area contributed by atoms with Crippen molar-refractivity contribution < 1.29 is 4.74 Å². The van der Waals surface area contributed by atoms with E-state index in [0.29, 0.717) is 18.7 Å². The van der Waals surface area contributed by atoms with Gasteiger partial charge in [-0.15, -0.1) is 0 Å². The van der Waals surface area contributed by atoms with Gasteiger partial charge in [-0.25, -0.2) is 0 Å². The molecule has 2 aromatic rings. The maximum Gasteiger partial charge on any atom is 0.256 e. The molecule has 0 bridgehead atoms. The average molecular weight is 300 g/mol. The molecule has 0 fully saturated rings. The van der Waals surface area contributed by atoms with Gasteiger partial charge >= 0.3 is 0 Å². The summed E-state index contributed by atoms with van der Waals surface area (Å²) in [6.07, 6.45) is 0. The average Bonchev–Trinajstić information content (AvgIpc) is 2.46. The Kier molecular flexibility index (Phi) is 4.71. The number of rotatable bonds is 5. The first-order chi connectivity index (χ1) is 10.4. The number of hydrogen-bond acceptors (Lipinski definition) is 3. The molecule has 2 rings (SSSR count). The van der Waals surface area contributed by atoms with Crippen LogP contribution in [0.3, 0.4) is 0 Å². The highest BCUT2D eigenvalue weighted by molar-refractivity contribution is 5.61. The van der Waals surface area contributed by atoms with E-state index in [1.54, 1.807) is 4.57 Å². The number of aromatic nitrogens is 1. The van der Waals surface area contributed by atoms with Crippen molar-refractivity contribution in [2.75, 3.05) is 6.61 Å². The molecular formula is C18H24N2O2. The highest BCUT2D eigenvalue weighted by atomic mass is 16.5. The number of ether oxygens (including phenoxy) is 1. The van der Waals surface area contributed by atoms with Crippen molar-refractivity contribution in [1.29, 1.82) is 0 Å². The predicted molar refractivity (Wildman–Crippen MR) is 90.2 cm³/mol. The van der Waals surface area contributed by atoms with E-state index in [4.69, 9.17) is 10.5 Å². The van der Waals surface area contributed by atoms with Gasteiger partial charge in [0.05, 0.1) is 12.3 Å². The molecule has 22 heavy (non-hydrogen) atoms. The van der Waals surface area contributed by atoms with Gasteiger partial charge in [-0.2, -0.15) is 0 Å². The molecule has 0 saturated heterocycles. The van der Waals surface area contributed by atoms with E-state index in [2.05, 4.69) is 0 Å². The zero-order chi connectivity index (χ0) is 16.3. The van der Waals surface area contributed by atoms with E-state index in [0.717, 1.165) is 17.0 Å². The third-order valence-electron chi connectivity index (χ3n) is 3.65. The lowest BCUT2D eigenvalue weighted by atomic mass is 9.96. The van der Waals surface area contributed by atoms with Crippen LogP contribution in [0.15, 0.2) is 41.2 Å². The zero-order valence-corrected chi connectivity index (χ0v) is 13.7. The van der Waals surface area contributed by atoms with Crippen LogP contribution in [0.2, 0.25) is 0 Å². The van der Waals surface area contributed by atoms with E-state index in [1.165, 1.54) is 0 Å². The lowest BCUT2D eigenvalue weighted by Gasteiger charge is -2.21. The van der Waals surface area contributed by atoms with Gasteiger partial charge in [-0.1, -0.05) is 0 Å². The topological polar surface area (TPSA) is 57.2 Å². The lowest BCUT2D eigenvalue weighted by Crippen LogP contribution is -2.38. The molecule has 0 aliphatic heterocycles. The maximum absolute atomic E-state index is 12.7. The van der Waals surface area contributed by atoms with E-state index in [9.17, 15) is 4.79 Å². The fourth-order valence-corrected chi connectivity index (χ4v) is 2.52. The molecule has 4 nitrogen and oxygen atoms in total. The van der Waals surface area contributed by atoms with Crippen molar-refractivity contribution in [1.82, 2.24) is 4.57 Å². The Balaban J connectivity index is 2.52. The Hall–Kier alpha value is -2.07. The molecular weight excluding hydrogens is 276 g/mol. The fraction of sp³-hybridized carbons (Fsp3) is 0.389. The summed E-state index contributed by atoms with van der Waals surface area (Å²) in [5.41, 5.74) is 7.93. The second-order valence-electron chi connectivity index (χ2n) is 5.86. The number of benzene rings is 1. The summed E-state index contributed by atoms with van der Waals surface area (Å²) < 4.78 is 7.22. The van der Waals surface area contributed by atoms with Gasteiger partial charge in [0, 0.05) is 17.6 Å². The molecule has 1 heterocycles. The van der Waals surface area contributed by atoms with Crippen LogP contribution in [0.25, 0.3) is 11.3 Å². The molecule has 1 aromatic heterocycles. The van der Waals surface area contributed by atoms with Gasteiger partial charge in [0.2, 0.25) is 0 Å². The molecule has 0 unspecified atom stereocenters. The van der Waals surface area contributed by atoms with Crippen molar-refractivity contribution in [3.63, 3.8) is 0 Å². The molecule has 4 heteroatoms. The first kappa shape index (κ1) is 16.3. The van der Waals surface area contributed by atoms with Crippen molar-refractivity contribution >= 4 is 0 Å². The summed E-state index contributed by atoms with van der Waals surface area (Å²) in [7, 11) is 0. The van der Waals surface area contributed by atoms with Gasteiger partial charge in [-0.3, -0.25) is 4.79 Å². The fourth-order valence-electron chi connectivity index (χ4n) is 2.52. The molecule has 0 aliphatic rings. The minimum Gasteiger partial charge on any atom is -0.494 e. The molecule has 0 spiro atoms. The third kappa shape index (κ3) is 3.22. The van der Waals surface area contributed by atoms with Crippen LogP contribution in [-0.2, 0) is 12.1 Å². The number of pyridine rings is 1. The van der Waals surface area contributed by atoms with Crippen LogP contribution in [0.1, 0.15) is 33.3 Å². The second-order valence-corrected chi connectivity index (χ2v) is 5.86. The van der Waals surface area contributed by atoms with Crippen LogP contribution in [0.4, 0.5) is 0 Å². The minimum atomic E-state index is -0.647. The summed E-state index contributed by atoms with van der Waals surface area (Å²) in [5, 5.41) is 0. The third-order valence-corrected chi connectivity index (χ3v) is 3.65. The molecule has 0 atom stereocenters. The summed E-state index contributed by atoms with van der Waals surface area (Å²) in [6.45, 7) is 8.86. The molecule has 0 amide bonds. The van der Waals surface area contributed by atoms with Crippen molar-refractivity contribution in [3.8, 4) is 17.0 Å². The van der Waals surface area contributed by atoms with Crippen molar-refractivity contribution in [2.24, 2.45) is 5.73 Å². The van der Waals surface area contributed by atoms with Crippen molar-refractivity contribution in [3.05, 3.63) is 52.3 Å².